The number of hydrogen-bond acceptors (Lipinski definition) is 2. The average Bonchev–Trinajstić information content (AvgIpc) is 1.85. The fourth-order valence-electron chi connectivity index (χ4n) is 1.10. The van der Waals surface area contributed by atoms with E-state index in [0.29, 0.717) is 13.0 Å². The van der Waals surface area contributed by atoms with Crippen molar-refractivity contribution < 1.29 is 8.42 Å². The second-order valence-electron chi connectivity index (χ2n) is 2.62. The minimum absolute atomic E-state index is 0.109. The normalized spacial score (nSPS) is 14.7. The van der Waals surface area contributed by atoms with Crippen LogP contribution < -0.4 is 5.14 Å². The summed E-state index contributed by atoms with van der Waals surface area (Å²) in [5.74, 6) is 0. The Kier molecular flexibility index (Phi) is 4.44. The third kappa shape index (κ3) is 3.34. The van der Waals surface area contributed by atoms with Crippen LogP contribution in [0.2, 0.25) is 0 Å². The maximum Gasteiger partial charge on any atom is 0.277 e. The molecule has 0 aromatic heterocycles. The summed E-state index contributed by atoms with van der Waals surface area (Å²) in [4.78, 5) is 0. The van der Waals surface area contributed by atoms with Gasteiger partial charge < -0.3 is 0 Å². The van der Waals surface area contributed by atoms with Crippen molar-refractivity contribution in [3.8, 4) is 0 Å². The van der Waals surface area contributed by atoms with Crippen molar-refractivity contribution in [3.05, 3.63) is 12.7 Å². The van der Waals surface area contributed by atoms with Crippen LogP contribution in [0, 0.1) is 0 Å². The molecule has 12 heavy (non-hydrogen) atoms. The van der Waals surface area contributed by atoms with Gasteiger partial charge in [0, 0.05) is 12.6 Å². The molecule has 0 aliphatic heterocycles. The maximum atomic E-state index is 10.9. The summed E-state index contributed by atoms with van der Waals surface area (Å²) < 4.78 is 23.1. The van der Waals surface area contributed by atoms with E-state index in [-0.39, 0.29) is 6.04 Å². The zero-order valence-electron chi connectivity index (χ0n) is 7.53. The molecule has 0 saturated carbocycles. The smallest absolute Gasteiger partial charge is 0.216 e. The van der Waals surface area contributed by atoms with E-state index in [9.17, 15) is 8.42 Å². The van der Waals surface area contributed by atoms with Crippen LogP contribution in [-0.4, -0.2) is 25.3 Å². The van der Waals surface area contributed by atoms with Crippen LogP contribution in [0.1, 0.15) is 20.3 Å². The summed E-state index contributed by atoms with van der Waals surface area (Å²) >= 11 is 0. The fourth-order valence-corrected chi connectivity index (χ4v) is 2.05. The van der Waals surface area contributed by atoms with Crippen molar-refractivity contribution in [2.45, 2.75) is 26.3 Å². The second-order valence-corrected chi connectivity index (χ2v) is 4.12. The van der Waals surface area contributed by atoms with E-state index < -0.39 is 10.2 Å². The Morgan fingerprint density at radius 1 is 1.67 bits per heavy atom. The first kappa shape index (κ1) is 11.6. The van der Waals surface area contributed by atoms with Crippen LogP contribution >= 0.6 is 0 Å². The number of nitrogens with zero attached hydrogens (tertiary/aromatic N) is 1. The van der Waals surface area contributed by atoms with Gasteiger partial charge in [-0.15, -0.1) is 6.58 Å². The molecular weight excluding hydrogens is 176 g/mol. The standard InChI is InChI=1S/C7H16N2O2S/c1-4-6-7(3)9(5-2)12(8,10)11/h4,7H,1,5-6H2,2-3H3,(H2,8,10,11)/t7-/m1/s1. The lowest BCUT2D eigenvalue weighted by Crippen LogP contribution is -2.42. The molecule has 0 aromatic carbocycles. The Hall–Kier alpha value is -0.390. The van der Waals surface area contributed by atoms with Crippen molar-refractivity contribution in [1.82, 2.24) is 4.31 Å². The van der Waals surface area contributed by atoms with Gasteiger partial charge in [0.2, 0.25) is 0 Å². The van der Waals surface area contributed by atoms with Crippen molar-refractivity contribution in [2.75, 3.05) is 6.54 Å². The third-order valence-corrected chi connectivity index (χ3v) is 2.91. The first-order valence-electron chi connectivity index (χ1n) is 3.84. The van der Waals surface area contributed by atoms with Crippen LogP contribution in [0.25, 0.3) is 0 Å². The molecule has 2 N–H and O–H groups in total. The summed E-state index contributed by atoms with van der Waals surface area (Å²) in [7, 11) is -3.55. The first-order valence-corrected chi connectivity index (χ1v) is 5.34. The highest BCUT2D eigenvalue weighted by Gasteiger charge is 2.20. The topological polar surface area (TPSA) is 63.4 Å². The molecule has 0 unspecified atom stereocenters. The summed E-state index contributed by atoms with van der Waals surface area (Å²) in [6.07, 6.45) is 2.29. The summed E-state index contributed by atoms with van der Waals surface area (Å²) in [5, 5.41) is 4.99. The highest BCUT2D eigenvalue weighted by Crippen LogP contribution is 2.06. The van der Waals surface area contributed by atoms with Crippen molar-refractivity contribution in [3.63, 3.8) is 0 Å². The molecular formula is C7H16N2O2S. The molecule has 0 amide bonds. The van der Waals surface area contributed by atoms with Gasteiger partial charge in [0.25, 0.3) is 10.2 Å². The van der Waals surface area contributed by atoms with Crippen LogP contribution in [0.5, 0.6) is 0 Å². The minimum Gasteiger partial charge on any atom is -0.216 e. The van der Waals surface area contributed by atoms with E-state index in [1.165, 1.54) is 4.31 Å². The zero-order chi connectivity index (χ0) is 9.78. The number of hydrogen-bond donors (Lipinski definition) is 1. The van der Waals surface area contributed by atoms with Crippen LogP contribution in [0.4, 0.5) is 0 Å². The maximum absolute atomic E-state index is 10.9. The minimum atomic E-state index is -3.55. The lowest BCUT2D eigenvalue weighted by molar-refractivity contribution is 0.352. The van der Waals surface area contributed by atoms with Crippen LogP contribution in [-0.2, 0) is 10.2 Å². The van der Waals surface area contributed by atoms with Crippen LogP contribution in [0.3, 0.4) is 0 Å². The zero-order valence-corrected chi connectivity index (χ0v) is 8.34. The summed E-state index contributed by atoms with van der Waals surface area (Å²) in [6.45, 7) is 7.49. The van der Waals surface area contributed by atoms with Crippen LogP contribution in [0.15, 0.2) is 12.7 Å². The Bertz CT molecular complexity index is 236. The van der Waals surface area contributed by atoms with Gasteiger partial charge in [0.1, 0.15) is 0 Å². The Morgan fingerprint density at radius 3 is 2.42 bits per heavy atom. The second kappa shape index (κ2) is 4.59. The van der Waals surface area contributed by atoms with Gasteiger partial charge in [-0.2, -0.15) is 12.7 Å². The van der Waals surface area contributed by atoms with Gasteiger partial charge in [-0.05, 0) is 13.3 Å². The van der Waals surface area contributed by atoms with Gasteiger partial charge in [0.15, 0.2) is 0 Å². The van der Waals surface area contributed by atoms with Gasteiger partial charge in [-0.3, -0.25) is 0 Å². The highest BCUT2D eigenvalue weighted by molar-refractivity contribution is 7.86. The molecule has 0 bridgehead atoms. The van der Waals surface area contributed by atoms with Crippen molar-refractivity contribution in [1.29, 1.82) is 0 Å². The monoisotopic (exact) mass is 192 g/mol. The molecule has 0 aliphatic carbocycles. The molecule has 0 aliphatic rings. The van der Waals surface area contributed by atoms with Gasteiger partial charge in [-0.25, -0.2) is 5.14 Å². The Morgan fingerprint density at radius 2 is 2.17 bits per heavy atom. The summed E-state index contributed by atoms with van der Waals surface area (Å²) in [6, 6.07) is -0.109. The lowest BCUT2D eigenvalue weighted by Gasteiger charge is -2.23. The van der Waals surface area contributed by atoms with Gasteiger partial charge in [-0.1, -0.05) is 13.0 Å². The fraction of sp³-hybridized carbons (Fsp3) is 0.714. The summed E-state index contributed by atoms with van der Waals surface area (Å²) in [5.41, 5.74) is 0. The van der Waals surface area contributed by atoms with Gasteiger partial charge >= 0.3 is 0 Å². The van der Waals surface area contributed by atoms with E-state index in [4.69, 9.17) is 5.14 Å². The van der Waals surface area contributed by atoms with E-state index in [0.717, 1.165) is 0 Å². The largest absolute Gasteiger partial charge is 0.277 e. The van der Waals surface area contributed by atoms with E-state index in [2.05, 4.69) is 6.58 Å². The van der Waals surface area contributed by atoms with Crippen molar-refractivity contribution in [2.24, 2.45) is 5.14 Å². The Labute approximate surface area is 74.2 Å². The predicted molar refractivity (Wildman–Crippen MR) is 49.8 cm³/mol. The van der Waals surface area contributed by atoms with Gasteiger partial charge in [0.05, 0.1) is 0 Å². The third-order valence-electron chi connectivity index (χ3n) is 1.64. The predicted octanol–water partition coefficient (Wildman–Crippen LogP) is 0.476. The molecule has 0 fully saturated rings. The van der Waals surface area contributed by atoms with E-state index in [1.807, 2.05) is 0 Å². The number of rotatable bonds is 5. The molecule has 0 rings (SSSR count). The first-order chi connectivity index (χ1) is 5.43. The average molecular weight is 192 g/mol. The molecule has 72 valence electrons. The lowest BCUT2D eigenvalue weighted by atomic mass is 10.2. The molecule has 0 radical (unpaired) electrons. The molecule has 1 atom stereocenters. The van der Waals surface area contributed by atoms with Crippen molar-refractivity contribution >= 4 is 10.2 Å². The molecule has 4 nitrogen and oxygen atoms in total. The van der Waals surface area contributed by atoms with E-state index in [1.54, 1.807) is 19.9 Å². The molecule has 0 spiro atoms. The molecule has 0 heterocycles. The quantitative estimate of drug-likeness (QED) is 0.644. The molecule has 5 heteroatoms. The molecule has 0 saturated heterocycles. The Balaban J connectivity index is 4.45. The molecule has 0 aromatic rings. The highest BCUT2D eigenvalue weighted by atomic mass is 32.2. The van der Waals surface area contributed by atoms with E-state index >= 15 is 0 Å². The SMILES string of the molecule is C=CC[C@@H](C)N(CC)S(N)(=O)=O. The number of nitrogens with two attached hydrogens (primary N) is 1.